The number of rotatable bonds is 7. The quantitative estimate of drug-likeness (QED) is 0.854. The Morgan fingerprint density at radius 1 is 1.18 bits per heavy atom. The highest BCUT2D eigenvalue weighted by Crippen LogP contribution is 2.38. The number of hydrogen-bond acceptors (Lipinski definition) is 3. The monoisotopic (exact) mass is 295 g/mol. The van der Waals surface area contributed by atoms with Crippen LogP contribution in [0.3, 0.4) is 0 Å². The Morgan fingerprint density at radius 2 is 2.00 bits per heavy atom. The summed E-state index contributed by atoms with van der Waals surface area (Å²) in [7, 11) is 0. The molecule has 1 amide bonds. The topological polar surface area (TPSA) is 54.9 Å². The molecule has 1 fully saturated rings. The Bertz CT molecular complexity index is 623. The molecule has 0 saturated heterocycles. The van der Waals surface area contributed by atoms with Crippen molar-refractivity contribution in [2.75, 3.05) is 0 Å². The summed E-state index contributed by atoms with van der Waals surface area (Å²) in [5.41, 5.74) is 3.29. The normalized spacial score (nSPS) is 13.8. The van der Waals surface area contributed by atoms with Gasteiger partial charge in [0.25, 0.3) is 0 Å². The number of aryl methyl sites for hydroxylation is 1. The third-order valence-corrected chi connectivity index (χ3v) is 3.92. The number of nitrogens with zero attached hydrogens (tertiary/aromatic N) is 2. The second-order valence-electron chi connectivity index (χ2n) is 5.82. The lowest BCUT2D eigenvalue weighted by atomic mass is 10.1. The molecule has 0 unspecified atom stereocenters. The molecule has 0 radical (unpaired) electrons. The Labute approximate surface area is 131 Å². The third-order valence-electron chi connectivity index (χ3n) is 3.92. The molecular formula is C18H21N3O. The van der Waals surface area contributed by atoms with Crippen LogP contribution >= 0.6 is 0 Å². The maximum Gasteiger partial charge on any atom is 0.220 e. The zero-order chi connectivity index (χ0) is 15.2. The van der Waals surface area contributed by atoms with Crippen molar-refractivity contribution in [2.45, 2.75) is 44.6 Å². The number of benzene rings is 1. The molecule has 1 saturated carbocycles. The highest BCUT2D eigenvalue weighted by molar-refractivity contribution is 5.75. The average Bonchev–Trinajstić information content (AvgIpc) is 3.39. The van der Waals surface area contributed by atoms with Gasteiger partial charge in [-0.15, -0.1) is 0 Å². The van der Waals surface area contributed by atoms with E-state index in [1.165, 1.54) is 18.4 Å². The Hall–Kier alpha value is -2.23. The first-order valence-electron chi connectivity index (χ1n) is 7.93. The van der Waals surface area contributed by atoms with E-state index < -0.39 is 0 Å². The van der Waals surface area contributed by atoms with Crippen molar-refractivity contribution in [3.05, 3.63) is 59.7 Å². The van der Waals surface area contributed by atoms with E-state index in [9.17, 15) is 4.79 Å². The molecule has 3 rings (SSSR count). The molecule has 0 spiro atoms. The standard InChI is InChI=1S/C18H21N3O/c22-18(8-4-7-14-5-2-1-3-6-14)19-12-16-11-17(15-9-10-15)21-13-20-16/h1-3,5-6,11,13,15H,4,7-10,12H2,(H,19,22). The van der Waals surface area contributed by atoms with Gasteiger partial charge in [-0.1, -0.05) is 30.3 Å². The number of carbonyl (C=O) groups excluding carboxylic acids is 1. The van der Waals surface area contributed by atoms with E-state index in [1.807, 2.05) is 24.3 Å². The zero-order valence-corrected chi connectivity index (χ0v) is 12.7. The van der Waals surface area contributed by atoms with E-state index in [0.717, 1.165) is 24.2 Å². The summed E-state index contributed by atoms with van der Waals surface area (Å²) in [4.78, 5) is 20.4. The average molecular weight is 295 g/mol. The van der Waals surface area contributed by atoms with E-state index in [0.29, 0.717) is 18.9 Å². The fourth-order valence-electron chi connectivity index (χ4n) is 2.49. The summed E-state index contributed by atoms with van der Waals surface area (Å²) in [6.07, 6.45) is 6.41. The first-order chi connectivity index (χ1) is 10.8. The molecule has 22 heavy (non-hydrogen) atoms. The first kappa shape index (κ1) is 14.7. The second-order valence-corrected chi connectivity index (χ2v) is 5.82. The molecule has 1 aromatic carbocycles. The van der Waals surface area contributed by atoms with Crippen molar-refractivity contribution in [1.29, 1.82) is 0 Å². The summed E-state index contributed by atoms with van der Waals surface area (Å²) in [6, 6.07) is 12.3. The summed E-state index contributed by atoms with van der Waals surface area (Å²) >= 11 is 0. The van der Waals surface area contributed by atoms with Crippen LogP contribution in [0.15, 0.2) is 42.7 Å². The predicted octanol–water partition coefficient (Wildman–Crippen LogP) is 2.99. The van der Waals surface area contributed by atoms with Crippen LogP contribution < -0.4 is 5.32 Å². The molecule has 4 heteroatoms. The van der Waals surface area contributed by atoms with E-state index in [1.54, 1.807) is 6.33 Å². The highest BCUT2D eigenvalue weighted by Gasteiger charge is 2.25. The molecule has 0 aliphatic heterocycles. The molecule has 1 N–H and O–H groups in total. The van der Waals surface area contributed by atoms with Crippen LogP contribution in [0.25, 0.3) is 0 Å². The minimum absolute atomic E-state index is 0.0857. The van der Waals surface area contributed by atoms with E-state index >= 15 is 0 Å². The summed E-state index contributed by atoms with van der Waals surface area (Å²) in [5, 5.41) is 2.94. The number of carbonyl (C=O) groups is 1. The Kier molecular flexibility index (Phi) is 4.78. The Balaban J connectivity index is 1.39. The summed E-state index contributed by atoms with van der Waals surface area (Å²) in [5.74, 6) is 0.700. The van der Waals surface area contributed by atoms with Crippen LogP contribution in [0.2, 0.25) is 0 Å². The first-order valence-corrected chi connectivity index (χ1v) is 7.93. The highest BCUT2D eigenvalue weighted by atomic mass is 16.1. The van der Waals surface area contributed by atoms with E-state index in [4.69, 9.17) is 0 Å². The zero-order valence-electron chi connectivity index (χ0n) is 12.7. The molecule has 2 aromatic rings. The number of nitrogens with one attached hydrogen (secondary N) is 1. The maximum absolute atomic E-state index is 11.9. The molecule has 1 heterocycles. The van der Waals surface area contributed by atoms with Crippen molar-refractivity contribution < 1.29 is 4.79 Å². The molecular weight excluding hydrogens is 274 g/mol. The van der Waals surface area contributed by atoms with Crippen molar-refractivity contribution in [1.82, 2.24) is 15.3 Å². The molecule has 1 aromatic heterocycles. The van der Waals surface area contributed by atoms with Crippen LogP contribution in [0, 0.1) is 0 Å². The van der Waals surface area contributed by atoms with Crippen LogP contribution in [0.1, 0.15) is 48.6 Å². The van der Waals surface area contributed by atoms with E-state index in [-0.39, 0.29) is 5.91 Å². The molecule has 1 aliphatic rings. The van der Waals surface area contributed by atoms with Crippen LogP contribution in [-0.4, -0.2) is 15.9 Å². The number of aromatic nitrogens is 2. The fraction of sp³-hybridized carbons (Fsp3) is 0.389. The van der Waals surface area contributed by atoms with Gasteiger partial charge in [0, 0.05) is 18.0 Å². The summed E-state index contributed by atoms with van der Waals surface area (Å²) in [6.45, 7) is 0.492. The lowest BCUT2D eigenvalue weighted by Crippen LogP contribution is -2.23. The van der Waals surface area contributed by atoms with Gasteiger partial charge in [0.2, 0.25) is 5.91 Å². The van der Waals surface area contributed by atoms with Crippen molar-refractivity contribution >= 4 is 5.91 Å². The SMILES string of the molecule is O=C(CCCc1ccccc1)NCc1cc(C2CC2)ncn1. The Morgan fingerprint density at radius 3 is 2.77 bits per heavy atom. The van der Waals surface area contributed by atoms with Crippen LogP contribution in [-0.2, 0) is 17.8 Å². The minimum Gasteiger partial charge on any atom is -0.350 e. The number of amides is 1. The van der Waals surface area contributed by atoms with Gasteiger partial charge in [-0.25, -0.2) is 9.97 Å². The van der Waals surface area contributed by atoms with Gasteiger partial charge in [0.05, 0.1) is 12.2 Å². The second kappa shape index (κ2) is 7.16. The lowest BCUT2D eigenvalue weighted by Gasteiger charge is -2.06. The van der Waals surface area contributed by atoms with Gasteiger partial charge >= 0.3 is 0 Å². The molecule has 4 nitrogen and oxygen atoms in total. The predicted molar refractivity (Wildman–Crippen MR) is 85.2 cm³/mol. The van der Waals surface area contributed by atoms with Gasteiger partial charge in [-0.05, 0) is 37.3 Å². The smallest absolute Gasteiger partial charge is 0.220 e. The molecule has 0 atom stereocenters. The minimum atomic E-state index is 0.0857. The van der Waals surface area contributed by atoms with Crippen molar-refractivity contribution in [2.24, 2.45) is 0 Å². The third kappa shape index (κ3) is 4.38. The van der Waals surface area contributed by atoms with Crippen LogP contribution in [0.5, 0.6) is 0 Å². The van der Waals surface area contributed by atoms with Gasteiger partial charge in [0.15, 0.2) is 0 Å². The van der Waals surface area contributed by atoms with Gasteiger partial charge in [-0.3, -0.25) is 4.79 Å². The molecule has 114 valence electrons. The van der Waals surface area contributed by atoms with Gasteiger partial charge in [-0.2, -0.15) is 0 Å². The fourth-order valence-corrected chi connectivity index (χ4v) is 2.49. The van der Waals surface area contributed by atoms with Gasteiger partial charge < -0.3 is 5.32 Å². The maximum atomic E-state index is 11.9. The van der Waals surface area contributed by atoms with Crippen molar-refractivity contribution in [3.8, 4) is 0 Å². The van der Waals surface area contributed by atoms with Gasteiger partial charge in [0.1, 0.15) is 6.33 Å². The summed E-state index contributed by atoms with van der Waals surface area (Å²) < 4.78 is 0. The largest absolute Gasteiger partial charge is 0.350 e. The van der Waals surface area contributed by atoms with Crippen LogP contribution in [0.4, 0.5) is 0 Å². The lowest BCUT2D eigenvalue weighted by molar-refractivity contribution is -0.121. The van der Waals surface area contributed by atoms with Crippen molar-refractivity contribution in [3.63, 3.8) is 0 Å². The van der Waals surface area contributed by atoms with E-state index in [2.05, 4.69) is 27.4 Å². The molecule has 0 bridgehead atoms. The number of hydrogen-bond donors (Lipinski definition) is 1. The molecule has 1 aliphatic carbocycles.